The summed E-state index contributed by atoms with van der Waals surface area (Å²) in [4.78, 5) is 15.1. The SMILES string of the molecule is CCN(CC)S(=O)(=O)c1ccc2c(c1)CCN2C(=O)C1CCCC(N)C1. The standard InChI is InChI=1S/C19H29N3O3S/c1-3-21(4-2)26(24,25)17-8-9-18-14(13-17)10-11-22(18)19(23)15-6-5-7-16(20)12-15/h8-9,13,15-16H,3-7,10-12,20H2,1-2H3. The van der Waals surface area contributed by atoms with Gasteiger partial charge in [-0.3, -0.25) is 4.79 Å². The van der Waals surface area contributed by atoms with Crippen LogP contribution in [0.2, 0.25) is 0 Å². The fourth-order valence-electron chi connectivity index (χ4n) is 4.15. The molecule has 1 fully saturated rings. The number of nitrogens with zero attached hydrogens (tertiary/aromatic N) is 2. The molecule has 1 aromatic carbocycles. The first kappa shape index (κ1) is 19.3. The number of fused-ring (bicyclic) bond motifs is 1. The average Bonchev–Trinajstić information content (AvgIpc) is 3.05. The van der Waals surface area contributed by atoms with Crippen LogP contribution in [0.3, 0.4) is 0 Å². The smallest absolute Gasteiger partial charge is 0.243 e. The summed E-state index contributed by atoms with van der Waals surface area (Å²) in [5, 5.41) is 0. The molecule has 2 unspecified atom stereocenters. The summed E-state index contributed by atoms with van der Waals surface area (Å²) in [5.74, 6) is 0.127. The van der Waals surface area contributed by atoms with Gasteiger partial charge in [0.05, 0.1) is 4.90 Å². The Bertz CT molecular complexity index is 774. The Kier molecular flexibility index (Phi) is 5.69. The van der Waals surface area contributed by atoms with E-state index in [0.717, 1.165) is 36.9 Å². The lowest BCUT2D eigenvalue weighted by Crippen LogP contribution is -2.40. The minimum absolute atomic E-state index is 0.0104. The number of nitrogens with two attached hydrogens (primary N) is 1. The van der Waals surface area contributed by atoms with Gasteiger partial charge in [-0.05, 0) is 49.4 Å². The molecule has 0 saturated heterocycles. The van der Waals surface area contributed by atoms with Gasteiger partial charge in [-0.25, -0.2) is 8.42 Å². The molecular formula is C19H29N3O3S. The van der Waals surface area contributed by atoms with Crippen molar-refractivity contribution in [3.63, 3.8) is 0 Å². The first-order valence-corrected chi connectivity index (χ1v) is 11.0. The summed E-state index contributed by atoms with van der Waals surface area (Å²) >= 11 is 0. The van der Waals surface area contributed by atoms with Crippen molar-refractivity contribution in [2.45, 2.75) is 56.9 Å². The number of hydrogen-bond donors (Lipinski definition) is 1. The maximum absolute atomic E-state index is 12.9. The zero-order valence-electron chi connectivity index (χ0n) is 15.6. The molecule has 2 atom stereocenters. The molecule has 7 heteroatoms. The van der Waals surface area contributed by atoms with Gasteiger partial charge in [0.25, 0.3) is 0 Å². The third kappa shape index (κ3) is 3.52. The minimum atomic E-state index is -3.47. The molecule has 1 aliphatic carbocycles. The second-order valence-electron chi connectivity index (χ2n) is 7.24. The lowest BCUT2D eigenvalue weighted by molar-refractivity contribution is -0.123. The molecule has 1 heterocycles. The fourth-order valence-corrected chi connectivity index (χ4v) is 5.66. The molecule has 2 aliphatic rings. The highest BCUT2D eigenvalue weighted by Crippen LogP contribution is 2.34. The third-order valence-corrected chi connectivity index (χ3v) is 7.67. The first-order valence-electron chi connectivity index (χ1n) is 9.58. The van der Waals surface area contributed by atoms with E-state index in [1.807, 2.05) is 18.7 Å². The molecule has 0 bridgehead atoms. The molecule has 0 spiro atoms. The van der Waals surface area contributed by atoms with E-state index < -0.39 is 10.0 Å². The summed E-state index contributed by atoms with van der Waals surface area (Å²) in [5.41, 5.74) is 7.83. The predicted molar refractivity (Wildman–Crippen MR) is 103 cm³/mol. The largest absolute Gasteiger partial charge is 0.328 e. The van der Waals surface area contributed by atoms with E-state index in [9.17, 15) is 13.2 Å². The van der Waals surface area contributed by atoms with Crippen LogP contribution in [0, 0.1) is 5.92 Å². The molecule has 144 valence electrons. The Hall–Kier alpha value is -1.44. The topological polar surface area (TPSA) is 83.7 Å². The lowest BCUT2D eigenvalue weighted by Gasteiger charge is -2.29. The maximum atomic E-state index is 12.9. The Morgan fingerprint density at radius 2 is 2.00 bits per heavy atom. The molecule has 2 N–H and O–H groups in total. The van der Waals surface area contributed by atoms with E-state index in [0.29, 0.717) is 31.0 Å². The Morgan fingerprint density at radius 3 is 2.65 bits per heavy atom. The summed E-state index contributed by atoms with van der Waals surface area (Å²) in [6.07, 6.45) is 4.33. The second-order valence-corrected chi connectivity index (χ2v) is 9.18. The van der Waals surface area contributed by atoms with Gasteiger partial charge in [0.1, 0.15) is 0 Å². The molecule has 1 aromatic rings. The summed E-state index contributed by atoms with van der Waals surface area (Å²) in [6.45, 7) is 5.19. The van der Waals surface area contributed by atoms with Gasteiger partial charge in [-0.2, -0.15) is 4.31 Å². The monoisotopic (exact) mass is 379 g/mol. The number of hydrogen-bond acceptors (Lipinski definition) is 4. The maximum Gasteiger partial charge on any atom is 0.243 e. The van der Waals surface area contributed by atoms with Crippen molar-refractivity contribution in [1.29, 1.82) is 0 Å². The van der Waals surface area contributed by atoms with Crippen LogP contribution in [0.25, 0.3) is 0 Å². The van der Waals surface area contributed by atoms with Crippen LogP contribution in [0.1, 0.15) is 45.1 Å². The van der Waals surface area contributed by atoms with Crippen LogP contribution in [-0.4, -0.2) is 44.3 Å². The van der Waals surface area contributed by atoms with E-state index in [2.05, 4.69) is 0 Å². The highest BCUT2D eigenvalue weighted by atomic mass is 32.2. The normalized spacial score (nSPS) is 23.3. The number of sulfonamides is 1. The molecule has 6 nitrogen and oxygen atoms in total. The Balaban J connectivity index is 1.83. The van der Waals surface area contributed by atoms with E-state index >= 15 is 0 Å². The van der Waals surface area contributed by atoms with Crippen molar-refractivity contribution in [1.82, 2.24) is 4.31 Å². The van der Waals surface area contributed by atoms with Crippen molar-refractivity contribution in [3.05, 3.63) is 23.8 Å². The first-order chi connectivity index (χ1) is 12.4. The summed E-state index contributed by atoms with van der Waals surface area (Å²) < 4.78 is 26.9. The third-order valence-electron chi connectivity index (χ3n) is 5.62. The van der Waals surface area contributed by atoms with Crippen molar-refractivity contribution in [2.24, 2.45) is 11.7 Å². The van der Waals surface area contributed by atoms with Crippen LogP contribution >= 0.6 is 0 Å². The number of anilines is 1. The summed E-state index contributed by atoms with van der Waals surface area (Å²) in [7, 11) is -3.47. The molecule has 3 rings (SSSR count). The van der Waals surface area contributed by atoms with Crippen molar-refractivity contribution < 1.29 is 13.2 Å². The van der Waals surface area contributed by atoms with Gasteiger partial charge >= 0.3 is 0 Å². The lowest BCUT2D eigenvalue weighted by atomic mass is 9.85. The molecule has 1 saturated carbocycles. The zero-order valence-corrected chi connectivity index (χ0v) is 16.5. The second kappa shape index (κ2) is 7.66. The number of carbonyl (C=O) groups excluding carboxylic acids is 1. The predicted octanol–water partition coefficient (Wildman–Crippen LogP) is 2.12. The highest BCUT2D eigenvalue weighted by Gasteiger charge is 2.33. The van der Waals surface area contributed by atoms with E-state index in [-0.39, 0.29) is 17.9 Å². The van der Waals surface area contributed by atoms with Crippen LogP contribution in [0.15, 0.2) is 23.1 Å². The Morgan fingerprint density at radius 1 is 1.27 bits per heavy atom. The van der Waals surface area contributed by atoms with Crippen molar-refractivity contribution >= 4 is 21.6 Å². The molecular weight excluding hydrogens is 350 g/mol. The van der Waals surface area contributed by atoms with Gasteiger partial charge in [0.2, 0.25) is 15.9 Å². The quantitative estimate of drug-likeness (QED) is 0.849. The molecule has 1 aliphatic heterocycles. The number of amides is 1. The minimum Gasteiger partial charge on any atom is -0.328 e. The highest BCUT2D eigenvalue weighted by molar-refractivity contribution is 7.89. The van der Waals surface area contributed by atoms with Gasteiger partial charge in [-0.1, -0.05) is 20.3 Å². The van der Waals surface area contributed by atoms with Crippen LogP contribution in [0.4, 0.5) is 5.69 Å². The molecule has 0 aromatic heterocycles. The molecule has 0 radical (unpaired) electrons. The van der Waals surface area contributed by atoms with Crippen molar-refractivity contribution in [2.75, 3.05) is 24.5 Å². The van der Waals surface area contributed by atoms with Crippen molar-refractivity contribution in [3.8, 4) is 0 Å². The van der Waals surface area contributed by atoms with Gasteiger partial charge in [0, 0.05) is 37.3 Å². The van der Waals surface area contributed by atoms with Crippen LogP contribution < -0.4 is 10.6 Å². The number of rotatable bonds is 5. The summed E-state index contributed by atoms with van der Waals surface area (Å²) in [6, 6.07) is 5.27. The number of carbonyl (C=O) groups is 1. The molecule has 26 heavy (non-hydrogen) atoms. The Labute approximate surface area is 156 Å². The van der Waals surface area contributed by atoms with Gasteiger partial charge in [-0.15, -0.1) is 0 Å². The van der Waals surface area contributed by atoms with E-state index in [4.69, 9.17) is 5.73 Å². The van der Waals surface area contributed by atoms with Crippen LogP contribution in [0.5, 0.6) is 0 Å². The average molecular weight is 380 g/mol. The van der Waals surface area contributed by atoms with Crippen LogP contribution in [-0.2, 0) is 21.2 Å². The van der Waals surface area contributed by atoms with Gasteiger partial charge < -0.3 is 10.6 Å². The zero-order chi connectivity index (χ0) is 18.9. The fraction of sp³-hybridized carbons (Fsp3) is 0.632. The van der Waals surface area contributed by atoms with Gasteiger partial charge in [0.15, 0.2) is 0 Å². The number of benzene rings is 1. The van der Waals surface area contributed by atoms with E-state index in [1.54, 1.807) is 18.2 Å². The molecule has 1 amide bonds. The van der Waals surface area contributed by atoms with E-state index in [1.165, 1.54) is 4.31 Å².